The van der Waals surface area contributed by atoms with Crippen molar-refractivity contribution in [2.75, 3.05) is 23.4 Å². The number of nitrogens with one attached hydrogen (secondary N) is 1. The zero-order valence-electron chi connectivity index (χ0n) is 20.5. The molecule has 2 atom stereocenters. The number of aromatic nitrogens is 5. The number of alkyl halides is 2. The number of amides is 1. The Morgan fingerprint density at radius 2 is 2.08 bits per heavy atom. The zero-order valence-corrected chi connectivity index (χ0v) is 20.5. The van der Waals surface area contributed by atoms with Gasteiger partial charge >= 0.3 is 0 Å². The Labute approximate surface area is 207 Å². The molecule has 1 aromatic carbocycles. The van der Waals surface area contributed by atoms with Crippen molar-refractivity contribution in [1.29, 1.82) is 0 Å². The third kappa shape index (κ3) is 4.50. The van der Waals surface area contributed by atoms with Gasteiger partial charge in [0.1, 0.15) is 11.4 Å². The number of unbranched alkanes of at least 4 members (excludes halogenated alkanes) is 1. The Kier molecular flexibility index (Phi) is 6.57. The first kappa shape index (κ1) is 24.1. The molecular formula is C25H29F2N7O2. The molecular weight excluding hydrogens is 468 g/mol. The van der Waals surface area contributed by atoms with Crippen molar-refractivity contribution < 1.29 is 18.3 Å². The minimum Gasteiger partial charge on any atom is -0.374 e. The highest BCUT2D eigenvalue weighted by Gasteiger charge is 2.39. The van der Waals surface area contributed by atoms with Crippen molar-refractivity contribution in [3.8, 4) is 0 Å². The first-order valence-electron chi connectivity index (χ1n) is 12.2. The van der Waals surface area contributed by atoms with Crippen molar-refractivity contribution in [3.63, 3.8) is 0 Å². The first-order chi connectivity index (χ1) is 17.4. The van der Waals surface area contributed by atoms with Gasteiger partial charge in [0.25, 0.3) is 12.3 Å². The van der Waals surface area contributed by atoms with Crippen LogP contribution in [0.15, 0.2) is 36.8 Å². The van der Waals surface area contributed by atoms with Gasteiger partial charge in [-0.15, -0.1) is 0 Å². The maximum absolute atomic E-state index is 13.7. The van der Waals surface area contributed by atoms with Crippen molar-refractivity contribution in [2.24, 2.45) is 7.05 Å². The Bertz CT molecular complexity index is 1400. The molecule has 2 bridgehead atoms. The highest BCUT2D eigenvalue weighted by Crippen LogP contribution is 2.33. The van der Waals surface area contributed by atoms with Gasteiger partial charge in [-0.1, -0.05) is 26.7 Å². The van der Waals surface area contributed by atoms with Crippen LogP contribution in [-0.2, 0) is 11.8 Å². The zero-order chi connectivity index (χ0) is 25.4. The molecule has 2 fully saturated rings. The lowest BCUT2D eigenvalue weighted by Crippen LogP contribution is -2.37. The van der Waals surface area contributed by atoms with Crippen LogP contribution in [0.5, 0.6) is 0 Å². The lowest BCUT2D eigenvalue weighted by molar-refractivity contribution is 0.0988. The molecule has 11 heteroatoms. The van der Waals surface area contributed by atoms with Crippen LogP contribution in [0.25, 0.3) is 16.6 Å². The van der Waals surface area contributed by atoms with Crippen LogP contribution in [0.2, 0.25) is 0 Å². The average Bonchev–Trinajstić information content (AvgIpc) is 3.65. The number of halogens is 2. The molecule has 0 aliphatic carbocycles. The van der Waals surface area contributed by atoms with Crippen LogP contribution in [0, 0.1) is 0 Å². The van der Waals surface area contributed by atoms with Gasteiger partial charge in [-0.2, -0.15) is 10.2 Å². The largest absolute Gasteiger partial charge is 0.374 e. The molecule has 0 saturated carbocycles. The number of fused-ring (bicyclic) bond motifs is 4. The lowest BCUT2D eigenvalue weighted by atomic mass is 10.1. The van der Waals surface area contributed by atoms with Crippen LogP contribution < -0.4 is 10.2 Å². The molecule has 5 heterocycles. The molecule has 2 saturated heterocycles. The number of carbonyl (C=O) groups is 1. The van der Waals surface area contributed by atoms with Crippen molar-refractivity contribution in [3.05, 3.63) is 47.9 Å². The summed E-state index contributed by atoms with van der Waals surface area (Å²) in [6.07, 6.45) is 5.89. The summed E-state index contributed by atoms with van der Waals surface area (Å²) in [7, 11) is 1.71. The number of nitrogens with zero attached hydrogens (tertiary/aromatic N) is 6. The fourth-order valence-corrected chi connectivity index (χ4v) is 4.55. The number of morpholine rings is 1. The molecule has 6 rings (SSSR count). The van der Waals surface area contributed by atoms with Gasteiger partial charge in [0, 0.05) is 36.9 Å². The first-order valence-corrected chi connectivity index (χ1v) is 12.2. The summed E-state index contributed by atoms with van der Waals surface area (Å²) in [5.41, 5.74) is 0.758. The summed E-state index contributed by atoms with van der Waals surface area (Å²) < 4.78 is 36.0. The van der Waals surface area contributed by atoms with Gasteiger partial charge in [-0.25, -0.2) is 18.3 Å². The summed E-state index contributed by atoms with van der Waals surface area (Å²) >= 11 is 0. The van der Waals surface area contributed by atoms with E-state index in [4.69, 9.17) is 4.74 Å². The maximum Gasteiger partial charge on any atom is 0.265 e. The maximum atomic E-state index is 13.7. The highest BCUT2D eigenvalue weighted by atomic mass is 19.3. The van der Waals surface area contributed by atoms with Gasteiger partial charge < -0.3 is 15.0 Å². The van der Waals surface area contributed by atoms with E-state index in [0.29, 0.717) is 23.2 Å². The second kappa shape index (κ2) is 9.81. The average molecular weight is 498 g/mol. The van der Waals surface area contributed by atoms with Gasteiger partial charge in [0.2, 0.25) is 0 Å². The Morgan fingerprint density at radius 3 is 2.75 bits per heavy atom. The van der Waals surface area contributed by atoms with E-state index in [-0.39, 0.29) is 29.0 Å². The normalized spacial score (nSPS) is 18.8. The molecule has 2 aliphatic rings. The molecule has 0 unspecified atom stereocenters. The number of hydrogen-bond donors (Lipinski definition) is 1. The quantitative estimate of drug-likeness (QED) is 0.434. The number of ether oxygens (including phenoxy) is 1. The summed E-state index contributed by atoms with van der Waals surface area (Å²) in [4.78, 5) is 19.9. The Hall–Kier alpha value is -3.60. The highest BCUT2D eigenvalue weighted by molar-refractivity contribution is 6.09. The smallest absolute Gasteiger partial charge is 0.265 e. The lowest BCUT2D eigenvalue weighted by Gasteiger charge is -2.27. The molecule has 2 aliphatic heterocycles. The van der Waals surface area contributed by atoms with Crippen LogP contribution in [0.4, 0.5) is 20.3 Å². The number of hydrogen-bond acceptors (Lipinski definition) is 6. The van der Waals surface area contributed by atoms with E-state index in [0.717, 1.165) is 18.8 Å². The van der Waals surface area contributed by atoms with E-state index in [1.165, 1.54) is 40.4 Å². The predicted molar refractivity (Wildman–Crippen MR) is 133 cm³/mol. The SMILES string of the molecule is CCCC.Cn1cc2cc(NC(=O)c3cnn4ccc(N5C[C@H]6C[C@@H]5CO6)nc34)c(C(F)F)cc2n1. The molecule has 3 aromatic heterocycles. The monoisotopic (exact) mass is 497 g/mol. The fraction of sp³-hybridized carbons (Fsp3) is 0.440. The summed E-state index contributed by atoms with van der Waals surface area (Å²) in [5, 5.41) is 11.6. The van der Waals surface area contributed by atoms with Crippen LogP contribution in [0.3, 0.4) is 0 Å². The second-order valence-electron chi connectivity index (χ2n) is 9.17. The van der Waals surface area contributed by atoms with Gasteiger partial charge in [-0.05, 0) is 24.6 Å². The second-order valence-corrected chi connectivity index (χ2v) is 9.17. The van der Waals surface area contributed by atoms with Crippen LogP contribution in [-0.4, -0.2) is 55.6 Å². The van der Waals surface area contributed by atoms with E-state index in [1.54, 1.807) is 19.4 Å². The minimum absolute atomic E-state index is 0.0370. The van der Waals surface area contributed by atoms with E-state index in [1.807, 2.05) is 6.07 Å². The topological polar surface area (TPSA) is 89.6 Å². The third-order valence-electron chi connectivity index (χ3n) is 6.57. The number of carbonyl (C=O) groups excluding carboxylic acids is 1. The third-order valence-corrected chi connectivity index (χ3v) is 6.57. The van der Waals surface area contributed by atoms with E-state index >= 15 is 0 Å². The van der Waals surface area contributed by atoms with Gasteiger partial charge in [0.15, 0.2) is 5.65 Å². The molecule has 0 spiro atoms. The summed E-state index contributed by atoms with van der Waals surface area (Å²) in [5.74, 6) is 0.189. The molecule has 1 N–H and O–H groups in total. The minimum atomic E-state index is -2.77. The predicted octanol–water partition coefficient (Wildman–Crippen LogP) is 4.59. The molecule has 4 aromatic rings. The fourth-order valence-electron chi connectivity index (χ4n) is 4.55. The van der Waals surface area contributed by atoms with E-state index in [2.05, 4.69) is 39.2 Å². The molecule has 36 heavy (non-hydrogen) atoms. The molecule has 0 radical (unpaired) electrons. The standard InChI is InChI=1S/C21H19F2N7O2.C4H10/c1-28-8-11-4-17(14(19(22)23)6-16(11)27-28)25-21(31)15-7-24-30-3-2-18(26-20(15)30)29-9-13-5-12(29)10-32-13;1-3-4-2/h2-4,6-8,12-13,19H,5,9-10H2,1H3,(H,25,31);3-4H2,1-2H3/t12-,13-;/m1./s1. The van der Waals surface area contributed by atoms with Crippen LogP contribution >= 0.6 is 0 Å². The van der Waals surface area contributed by atoms with E-state index in [9.17, 15) is 13.6 Å². The summed E-state index contributed by atoms with van der Waals surface area (Å²) in [6.45, 7) is 5.78. The number of anilines is 2. The molecule has 190 valence electrons. The van der Waals surface area contributed by atoms with Gasteiger partial charge in [0.05, 0.1) is 36.2 Å². The number of benzene rings is 1. The van der Waals surface area contributed by atoms with E-state index < -0.39 is 12.3 Å². The van der Waals surface area contributed by atoms with Crippen molar-refractivity contribution in [2.45, 2.75) is 51.7 Å². The molecule has 1 amide bonds. The van der Waals surface area contributed by atoms with Crippen molar-refractivity contribution >= 4 is 34.0 Å². The Morgan fingerprint density at radius 1 is 1.28 bits per heavy atom. The number of rotatable bonds is 5. The molecule has 9 nitrogen and oxygen atoms in total. The van der Waals surface area contributed by atoms with Crippen molar-refractivity contribution in [1.82, 2.24) is 24.4 Å². The Balaban J connectivity index is 0.000000623. The van der Waals surface area contributed by atoms with Crippen LogP contribution in [0.1, 0.15) is 55.5 Å². The summed E-state index contributed by atoms with van der Waals surface area (Å²) in [6, 6.07) is 4.93. The van der Waals surface area contributed by atoms with Gasteiger partial charge in [-0.3, -0.25) is 9.48 Å². The number of aryl methyl sites for hydroxylation is 1.